The Bertz CT molecular complexity index is 469. The zero-order valence-electron chi connectivity index (χ0n) is 11.1. The second-order valence-corrected chi connectivity index (χ2v) is 6.42. The molecule has 19 heavy (non-hydrogen) atoms. The van der Waals surface area contributed by atoms with E-state index < -0.39 is 12.2 Å². The molecule has 1 heterocycles. The smallest absolute Gasteiger partial charge is 0.334 e. The second kappa shape index (κ2) is 3.93. The molecule has 1 aliphatic heterocycles. The lowest BCUT2D eigenvalue weighted by atomic mass is 9.54. The van der Waals surface area contributed by atoms with E-state index in [2.05, 4.69) is 13.2 Å². The van der Waals surface area contributed by atoms with Gasteiger partial charge in [0, 0.05) is 23.3 Å². The summed E-state index contributed by atoms with van der Waals surface area (Å²) in [5.41, 5.74) is 0.926. The van der Waals surface area contributed by atoms with Crippen molar-refractivity contribution in [2.75, 3.05) is 0 Å². The van der Waals surface area contributed by atoms with E-state index in [-0.39, 0.29) is 29.3 Å². The largest absolute Gasteiger partial charge is 0.458 e. The molecule has 2 saturated carbocycles. The summed E-state index contributed by atoms with van der Waals surface area (Å²) in [5, 5.41) is 20.3. The van der Waals surface area contributed by atoms with Gasteiger partial charge in [0.1, 0.15) is 6.10 Å². The number of hydrogen-bond donors (Lipinski definition) is 2. The first kappa shape index (κ1) is 12.9. The van der Waals surface area contributed by atoms with Crippen LogP contribution in [0, 0.1) is 17.3 Å². The number of esters is 1. The highest BCUT2D eigenvalue weighted by Gasteiger charge is 2.57. The maximum atomic E-state index is 11.6. The van der Waals surface area contributed by atoms with Crippen molar-refractivity contribution in [1.82, 2.24) is 0 Å². The quantitative estimate of drug-likeness (QED) is 0.392. The molecule has 3 aliphatic rings. The minimum absolute atomic E-state index is 0.000162. The molecule has 0 aromatic rings. The highest BCUT2D eigenvalue weighted by atomic mass is 16.6. The first-order valence-corrected chi connectivity index (χ1v) is 6.79. The van der Waals surface area contributed by atoms with Gasteiger partial charge in [-0.25, -0.2) is 4.79 Å². The van der Waals surface area contributed by atoms with E-state index in [1.807, 2.05) is 6.92 Å². The molecule has 0 aromatic carbocycles. The van der Waals surface area contributed by atoms with Crippen molar-refractivity contribution in [1.29, 1.82) is 0 Å². The number of rotatable bonds is 0. The molecule has 0 unspecified atom stereocenters. The van der Waals surface area contributed by atoms with Crippen molar-refractivity contribution in [3.05, 3.63) is 24.3 Å². The standard InChI is InChI=1S/C15H20O4/c1-7-9-4-10-8(2)11(16)5-13(17)15(10,3)6-12(9)19-14(7)18/h9-13,16-17H,1-2,4-6H2,3H3/t9-,10+,11+,12-,13-,15-/m1/s1. The number of carbonyl (C=O) groups is 1. The molecule has 4 nitrogen and oxygen atoms in total. The monoisotopic (exact) mass is 264 g/mol. The van der Waals surface area contributed by atoms with E-state index in [0.717, 1.165) is 5.57 Å². The lowest BCUT2D eigenvalue weighted by molar-refractivity contribution is -0.148. The molecule has 0 bridgehead atoms. The van der Waals surface area contributed by atoms with Gasteiger partial charge in [0.25, 0.3) is 0 Å². The molecule has 0 spiro atoms. The Morgan fingerprint density at radius 2 is 2.00 bits per heavy atom. The van der Waals surface area contributed by atoms with Crippen LogP contribution < -0.4 is 0 Å². The van der Waals surface area contributed by atoms with Gasteiger partial charge >= 0.3 is 5.97 Å². The van der Waals surface area contributed by atoms with Crippen LogP contribution in [-0.2, 0) is 9.53 Å². The Balaban J connectivity index is 1.95. The Morgan fingerprint density at radius 3 is 2.68 bits per heavy atom. The molecule has 3 rings (SSSR count). The molecule has 2 aliphatic carbocycles. The number of hydrogen-bond acceptors (Lipinski definition) is 4. The summed E-state index contributed by atoms with van der Waals surface area (Å²) < 4.78 is 5.36. The number of carbonyl (C=O) groups excluding carboxylic acids is 1. The van der Waals surface area contributed by atoms with Crippen LogP contribution in [0.15, 0.2) is 24.3 Å². The summed E-state index contributed by atoms with van der Waals surface area (Å²) in [6.45, 7) is 9.82. The highest BCUT2D eigenvalue weighted by Crippen LogP contribution is 2.56. The van der Waals surface area contributed by atoms with Crippen LogP contribution >= 0.6 is 0 Å². The third-order valence-electron chi connectivity index (χ3n) is 5.43. The summed E-state index contributed by atoms with van der Waals surface area (Å²) in [7, 11) is 0. The van der Waals surface area contributed by atoms with Gasteiger partial charge in [-0.15, -0.1) is 0 Å². The fourth-order valence-corrected chi connectivity index (χ4v) is 4.06. The molecular formula is C15H20O4. The Kier molecular flexibility index (Phi) is 2.67. The number of fused-ring (bicyclic) bond motifs is 2. The van der Waals surface area contributed by atoms with Crippen LogP contribution in [0.1, 0.15) is 26.2 Å². The lowest BCUT2D eigenvalue weighted by Crippen LogP contribution is -2.54. The summed E-state index contributed by atoms with van der Waals surface area (Å²) in [5.74, 6) is -0.309. The normalized spacial score (nSPS) is 49.6. The maximum absolute atomic E-state index is 11.6. The Labute approximate surface area is 112 Å². The predicted molar refractivity (Wildman–Crippen MR) is 69.1 cm³/mol. The SMILES string of the molecule is C=C1C(=O)O[C@@H]2C[C@@]3(C)[C@H](O)C[C@H](O)C(=C)[C@@H]3C[C@H]12. The van der Waals surface area contributed by atoms with E-state index in [1.54, 1.807) is 0 Å². The van der Waals surface area contributed by atoms with Gasteiger partial charge in [-0.2, -0.15) is 0 Å². The zero-order valence-corrected chi connectivity index (χ0v) is 11.1. The van der Waals surface area contributed by atoms with E-state index >= 15 is 0 Å². The summed E-state index contributed by atoms with van der Waals surface area (Å²) >= 11 is 0. The van der Waals surface area contributed by atoms with Crippen molar-refractivity contribution in [3.63, 3.8) is 0 Å². The molecule has 0 radical (unpaired) electrons. The van der Waals surface area contributed by atoms with E-state index in [9.17, 15) is 15.0 Å². The van der Waals surface area contributed by atoms with Crippen molar-refractivity contribution >= 4 is 5.97 Å². The van der Waals surface area contributed by atoms with Gasteiger partial charge in [0.15, 0.2) is 0 Å². The third kappa shape index (κ3) is 1.63. The van der Waals surface area contributed by atoms with Crippen LogP contribution in [-0.4, -0.2) is 34.5 Å². The van der Waals surface area contributed by atoms with Crippen LogP contribution in [0.4, 0.5) is 0 Å². The average Bonchev–Trinajstić information content (AvgIpc) is 2.61. The first-order valence-electron chi connectivity index (χ1n) is 6.79. The fraction of sp³-hybridized carbons (Fsp3) is 0.667. The Morgan fingerprint density at radius 1 is 1.32 bits per heavy atom. The minimum atomic E-state index is -0.657. The number of aliphatic hydroxyl groups excluding tert-OH is 2. The highest BCUT2D eigenvalue weighted by molar-refractivity contribution is 5.90. The number of aliphatic hydroxyl groups is 2. The Hall–Kier alpha value is -1.13. The molecule has 0 amide bonds. The molecular weight excluding hydrogens is 244 g/mol. The van der Waals surface area contributed by atoms with Crippen molar-refractivity contribution in [2.45, 2.75) is 44.5 Å². The van der Waals surface area contributed by atoms with E-state index in [4.69, 9.17) is 4.74 Å². The van der Waals surface area contributed by atoms with Crippen LogP contribution in [0.2, 0.25) is 0 Å². The van der Waals surface area contributed by atoms with Gasteiger partial charge in [-0.05, 0) is 24.3 Å². The van der Waals surface area contributed by atoms with Crippen molar-refractivity contribution < 1.29 is 19.7 Å². The van der Waals surface area contributed by atoms with Gasteiger partial charge < -0.3 is 14.9 Å². The molecule has 2 N–H and O–H groups in total. The third-order valence-corrected chi connectivity index (χ3v) is 5.43. The summed E-state index contributed by atoms with van der Waals surface area (Å²) in [6.07, 6.45) is 0.179. The van der Waals surface area contributed by atoms with Gasteiger partial charge in [-0.3, -0.25) is 0 Å². The molecule has 104 valence electrons. The first-order chi connectivity index (χ1) is 8.84. The summed E-state index contributed by atoms with van der Waals surface area (Å²) in [6, 6.07) is 0. The topological polar surface area (TPSA) is 66.8 Å². The average molecular weight is 264 g/mol. The van der Waals surface area contributed by atoms with E-state index in [0.29, 0.717) is 24.8 Å². The molecule has 3 fully saturated rings. The van der Waals surface area contributed by atoms with Crippen molar-refractivity contribution in [2.24, 2.45) is 17.3 Å². The van der Waals surface area contributed by atoms with Crippen LogP contribution in [0.3, 0.4) is 0 Å². The minimum Gasteiger partial charge on any atom is -0.458 e. The summed E-state index contributed by atoms with van der Waals surface area (Å²) in [4.78, 5) is 11.6. The van der Waals surface area contributed by atoms with Crippen LogP contribution in [0.25, 0.3) is 0 Å². The zero-order chi connectivity index (χ0) is 13.9. The molecule has 4 heteroatoms. The van der Waals surface area contributed by atoms with Gasteiger partial charge in [0.05, 0.1) is 12.2 Å². The molecule has 6 atom stereocenters. The van der Waals surface area contributed by atoms with Crippen molar-refractivity contribution in [3.8, 4) is 0 Å². The second-order valence-electron chi connectivity index (χ2n) is 6.42. The molecule has 0 aromatic heterocycles. The number of ether oxygens (including phenoxy) is 1. The predicted octanol–water partition coefficient (Wildman–Crippen LogP) is 1.18. The van der Waals surface area contributed by atoms with Crippen LogP contribution in [0.5, 0.6) is 0 Å². The lowest BCUT2D eigenvalue weighted by Gasteiger charge is -2.53. The maximum Gasteiger partial charge on any atom is 0.334 e. The van der Waals surface area contributed by atoms with Gasteiger partial charge in [0.2, 0.25) is 0 Å². The fourth-order valence-electron chi connectivity index (χ4n) is 4.06. The molecule has 1 saturated heterocycles. The van der Waals surface area contributed by atoms with Gasteiger partial charge in [-0.1, -0.05) is 20.1 Å². The van der Waals surface area contributed by atoms with E-state index in [1.165, 1.54) is 0 Å².